The van der Waals surface area contributed by atoms with E-state index < -0.39 is 5.91 Å². The van der Waals surface area contributed by atoms with Gasteiger partial charge >= 0.3 is 0 Å². The number of aryl methyl sites for hydroxylation is 3. The number of benzene rings is 2. The number of rotatable bonds is 2. The van der Waals surface area contributed by atoms with Crippen molar-refractivity contribution < 1.29 is 9.59 Å². The van der Waals surface area contributed by atoms with E-state index >= 15 is 0 Å². The van der Waals surface area contributed by atoms with E-state index in [2.05, 4.69) is 0 Å². The van der Waals surface area contributed by atoms with E-state index in [1.165, 1.54) is 0 Å². The molecular formula is C18H17NO2. The number of nitrogens with zero attached hydrogens (tertiary/aromatic N) is 1. The lowest BCUT2D eigenvalue weighted by atomic mass is 10.0. The summed E-state index contributed by atoms with van der Waals surface area (Å²) in [5.41, 5.74) is 5.34. The van der Waals surface area contributed by atoms with Gasteiger partial charge in [-0.2, -0.15) is 0 Å². The molecule has 0 bridgehead atoms. The van der Waals surface area contributed by atoms with E-state index in [4.69, 9.17) is 0 Å². The summed E-state index contributed by atoms with van der Waals surface area (Å²) in [7, 11) is 0. The van der Waals surface area contributed by atoms with E-state index in [-0.39, 0.29) is 5.78 Å². The number of hydrogen-bond acceptors (Lipinski definition) is 2. The van der Waals surface area contributed by atoms with Gasteiger partial charge in [0.1, 0.15) is 0 Å². The molecule has 1 aliphatic heterocycles. The van der Waals surface area contributed by atoms with Gasteiger partial charge in [-0.05, 0) is 43.0 Å². The van der Waals surface area contributed by atoms with Gasteiger partial charge in [-0.1, -0.05) is 36.4 Å². The maximum Gasteiger partial charge on any atom is 0.299 e. The summed E-state index contributed by atoms with van der Waals surface area (Å²) in [5, 5.41) is 0. The molecule has 0 aliphatic carbocycles. The normalized spacial score (nSPS) is 13.8. The van der Waals surface area contributed by atoms with E-state index in [0.717, 1.165) is 27.9 Å². The molecule has 2 aromatic rings. The zero-order valence-corrected chi connectivity index (χ0v) is 12.4. The Balaban J connectivity index is 2.10. The van der Waals surface area contributed by atoms with Gasteiger partial charge in [0, 0.05) is 0 Å². The Hall–Kier alpha value is -2.42. The van der Waals surface area contributed by atoms with Crippen molar-refractivity contribution in [1.29, 1.82) is 0 Å². The summed E-state index contributed by atoms with van der Waals surface area (Å²) in [6.45, 7) is 6.27. The zero-order valence-electron chi connectivity index (χ0n) is 12.4. The van der Waals surface area contributed by atoms with Gasteiger partial charge in [-0.15, -0.1) is 0 Å². The fourth-order valence-corrected chi connectivity index (χ4v) is 2.87. The van der Waals surface area contributed by atoms with Gasteiger partial charge in [-0.25, -0.2) is 0 Å². The molecular weight excluding hydrogens is 262 g/mol. The van der Waals surface area contributed by atoms with Crippen LogP contribution in [0.1, 0.15) is 32.6 Å². The van der Waals surface area contributed by atoms with E-state index in [0.29, 0.717) is 12.1 Å². The van der Waals surface area contributed by atoms with Crippen molar-refractivity contribution in [1.82, 2.24) is 0 Å². The molecule has 0 spiro atoms. The van der Waals surface area contributed by atoms with Crippen LogP contribution in [0.5, 0.6) is 0 Å². The molecule has 106 valence electrons. The average molecular weight is 279 g/mol. The molecule has 3 rings (SSSR count). The molecule has 21 heavy (non-hydrogen) atoms. The molecule has 1 heterocycles. The third-order valence-corrected chi connectivity index (χ3v) is 4.11. The topological polar surface area (TPSA) is 37.4 Å². The first-order valence-electron chi connectivity index (χ1n) is 7.01. The fraction of sp³-hybridized carbons (Fsp3) is 0.222. The highest BCUT2D eigenvalue weighted by atomic mass is 16.2. The second-order valence-corrected chi connectivity index (χ2v) is 5.57. The van der Waals surface area contributed by atoms with Crippen LogP contribution in [0.2, 0.25) is 0 Å². The molecule has 0 aromatic heterocycles. The van der Waals surface area contributed by atoms with Gasteiger partial charge < -0.3 is 4.90 Å². The molecule has 2 aromatic carbocycles. The van der Waals surface area contributed by atoms with Gasteiger partial charge in [0.25, 0.3) is 11.7 Å². The van der Waals surface area contributed by atoms with Crippen LogP contribution in [0.4, 0.5) is 5.69 Å². The van der Waals surface area contributed by atoms with Crippen LogP contribution in [-0.2, 0) is 11.3 Å². The van der Waals surface area contributed by atoms with Crippen LogP contribution < -0.4 is 4.90 Å². The Morgan fingerprint density at radius 3 is 2.24 bits per heavy atom. The predicted octanol–water partition coefficient (Wildman–Crippen LogP) is 3.34. The van der Waals surface area contributed by atoms with Crippen LogP contribution in [0.25, 0.3) is 0 Å². The minimum Gasteiger partial charge on any atom is -0.300 e. The largest absolute Gasteiger partial charge is 0.300 e. The van der Waals surface area contributed by atoms with Crippen molar-refractivity contribution >= 4 is 17.4 Å². The number of carbonyl (C=O) groups excluding carboxylic acids is 2. The second kappa shape index (κ2) is 4.85. The summed E-state index contributed by atoms with van der Waals surface area (Å²) >= 11 is 0. The van der Waals surface area contributed by atoms with Gasteiger partial charge in [0.15, 0.2) is 0 Å². The SMILES string of the molecule is Cc1ccccc1CN1C(=O)C(=O)c2c(C)ccc(C)c21. The van der Waals surface area contributed by atoms with Crippen LogP contribution in [0, 0.1) is 20.8 Å². The summed E-state index contributed by atoms with van der Waals surface area (Å²) in [6, 6.07) is 11.8. The van der Waals surface area contributed by atoms with Crippen molar-refractivity contribution in [3.05, 3.63) is 64.2 Å². The Bertz CT molecular complexity index is 762. The molecule has 0 radical (unpaired) electrons. The molecule has 1 amide bonds. The number of anilines is 1. The van der Waals surface area contributed by atoms with Gasteiger partial charge in [0.05, 0.1) is 17.8 Å². The van der Waals surface area contributed by atoms with E-state index in [1.807, 2.05) is 57.2 Å². The maximum atomic E-state index is 12.4. The lowest BCUT2D eigenvalue weighted by molar-refractivity contribution is -0.114. The first-order chi connectivity index (χ1) is 10.0. The maximum absolute atomic E-state index is 12.4. The number of hydrogen-bond donors (Lipinski definition) is 0. The molecule has 3 heteroatoms. The Morgan fingerprint density at radius 1 is 0.857 bits per heavy atom. The third-order valence-electron chi connectivity index (χ3n) is 4.11. The molecule has 1 aliphatic rings. The minimum atomic E-state index is -0.425. The van der Waals surface area contributed by atoms with Crippen LogP contribution in [0.15, 0.2) is 36.4 Å². The quantitative estimate of drug-likeness (QED) is 0.791. The van der Waals surface area contributed by atoms with Gasteiger partial charge in [0.2, 0.25) is 0 Å². The molecule has 0 atom stereocenters. The lowest BCUT2D eigenvalue weighted by Crippen LogP contribution is -2.29. The highest BCUT2D eigenvalue weighted by Crippen LogP contribution is 2.35. The molecule has 0 saturated carbocycles. The number of amides is 1. The minimum absolute atomic E-state index is 0.389. The summed E-state index contributed by atoms with van der Waals surface area (Å²) in [4.78, 5) is 26.2. The molecule has 0 saturated heterocycles. The second-order valence-electron chi connectivity index (χ2n) is 5.57. The Kier molecular flexibility index (Phi) is 3.13. The van der Waals surface area contributed by atoms with Crippen molar-refractivity contribution in [3.8, 4) is 0 Å². The molecule has 0 N–H and O–H groups in total. The summed E-state index contributed by atoms with van der Waals surface area (Å²) < 4.78 is 0. The number of ketones is 1. The molecule has 3 nitrogen and oxygen atoms in total. The van der Waals surface area contributed by atoms with Crippen molar-refractivity contribution in [2.45, 2.75) is 27.3 Å². The summed E-state index contributed by atoms with van der Waals surface area (Å²) in [5.74, 6) is -0.814. The van der Waals surface area contributed by atoms with Gasteiger partial charge in [-0.3, -0.25) is 9.59 Å². The number of carbonyl (C=O) groups is 2. The van der Waals surface area contributed by atoms with Crippen molar-refractivity contribution in [2.24, 2.45) is 0 Å². The average Bonchev–Trinajstić information content (AvgIpc) is 2.71. The monoisotopic (exact) mass is 279 g/mol. The first-order valence-corrected chi connectivity index (χ1v) is 7.01. The van der Waals surface area contributed by atoms with Crippen molar-refractivity contribution in [3.63, 3.8) is 0 Å². The first kappa shape index (κ1) is 13.6. The standard InChI is InChI=1S/C18H17NO2/c1-11-6-4-5-7-14(11)10-19-16-13(3)9-8-12(2)15(16)17(20)18(19)21/h4-9H,10H2,1-3H3. The molecule has 0 unspecified atom stereocenters. The predicted molar refractivity (Wildman–Crippen MR) is 82.6 cm³/mol. The fourth-order valence-electron chi connectivity index (χ4n) is 2.87. The smallest absolute Gasteiger partial charge is 0.299 e. The Labute approximate surface area is 124 Å². The van der Waals surface area contributed by atoms with Crippen LogP contribution >= 0.6 is 0 Å². The number of fused-ring (bicyclic) bond motifs is 1. The van der Waals surface area contributed by atoms with E-state index in [1.54, 1.807) is 4.90 Å². The van der Waals surface area contributed by atoms with Crippen LogP contribution in [-0.4, -0.2) is 11.7 Å². The summed E-state index contributed by atoms with van der Waals surface area (Å²) in [6.07, 6.45) is 0. The zero-order chi connectivity index (χ0) is 15.1. The Morgan fingerprint density at radius 2 is 1.52 bits per heavy atom. The van der Waals surface area contributed by atoms with Crippen molar-refractivity contribution in [2.75, 3.05) is 4.90 Å². The molecule has 0 fully saturated rings. The highest BCUT2D eigenvalue weighted by Gasteiger charge is 2.38. The van der Waals surface area contributed by atoms with E-state index in [9.17, 15) is 9.59 Å². The lowest BCUT2D eigenvalue weighted by Gasteiger charge is -2.20. The number of Topliss-reactive ketones (excluding diaryl/α,β-unsaturated/α-hetero) is 1. The third kappa shape index (κ3) is 2.05. The highest BCUT2D eigenvalue weighted by molar-refractivity contribution is 6.52. The van der Waals surface area contributed by atoms with Crippen LogP contribution in [0.3, 0.4) is 0 Å².